The molecule has 1 aliphatic heterocycles. The van der Waals surface area contributed by atoms with Crippen LogP contribution < -0.4 is 5.32 Å². The van der Waals surface area contributed by atoms with E-state index in [-0.39, 0.29) is 47.3 Å². The van der Waals surface area contributed by atoms with Gasteiger partial charge in [-0.2, -0.15) is 0 Å². The fourth-order valence-corrected chi connectivity index (χ4v) is 4.06. The van der Waals surface area contributed by atoms with Crippen LogP contribution in [0.2, 0.25) is 0 Å². The molecule has 0 spiro atoms. The number of amides is 2. The van der Waals surface area contributed by atoms with Crippen molar-refractivity contribution in [3.63, 3.8) is 0 Å². The minimum Gasteiger partial charge on any atom is -0.478 e. The molecule has 1 aliphatic rings. The summed E-state index contributed by atoms with van der Waals surface area (Å²) < 4.78 is 0. The number of rotatable bonds is 9. The highest BCUT2D eigenvalue weighted by Crippen LogP contribution is 2.21. The van der Waals surface area contributed by atoms with Crippen molar-refractivity contribution in [1.29, 1.82) is 0 Å². The molecule has 7 nitrogen and oxygen atoms in total. The van der Waals surface area contributed by atoms with Crippen molar-refractivity contribution in [3.05, 3.63) is 11.6 Å². The summed E-state index contributed by atoms with van der Waals surface area (Å²) in [7, 11) is 1.68. The van der Waals surface area contributed by atoms with Crippen molar-refractivity contribution >= 4 is 17.8 Å². The number of nitrogens with zero attached hydrogens (tertiary/aromatic N) is 2. The van der Waals surface area contributed by atoms with E-state index in [2.05, 4.69) is 24.1 Å². The SMILES string of the molecule is CC(=C[C@H](C(C)C)N(C)C(=O)[C@@H](NC(=O)[C@H]1CCCCN1C(C)C)C(C)C)C(=O)O. The molecule has 0 aromatic heterocycles. The van der Waals surface area contributed by atoms with E-state index in [9.17, 15) is 19.5 Å². The molecule has 2 N–H and O–H groups in total. The van der Waals surface area contributed by atoms with Crippen LogP contribution in [0.3, 0.4) is 0 Å². The van der Waals surface area contributed by atoms with Crippen LogP contribution in [0.4, 0.5) is 0 Å². The van der Waals surface area contributed by atoms with Gasteiger partial charge in [0, 0.05) is 18.7 Å². The Morgan fingerprint density at radius 2 is 1.67 bits per heavy atom. The zero-order chi connectivity index (χ0) is 23.2. The summed E-state index contributed by atoms with van der Waals surface area (Å²) in [6.07, 6.45) is 4.51. The molecule has 2 amide bonds. The van der Waals surface area contributed by atoms with Crippen molar-refractivity contribution in [2.75, 3.05) is 13.6 Å². The van der Waals surface area contributed by atoms with Crippen LogP contribution in [-0.4, -0.2) is 70.4 Å². The Morgan fingerprint density at radius 3 is 2.13 bits per heavy atom. The molecule has 172 valence electrons. The fraction of sp³-hybridized carbons (Fsp3) is 0.783. The van der Waals surface area contributed by atoms with Crippen LogP contribution in [0, 0.1) is 11.8 Å². The summed E-state index contributed by atoms with van der Waals surface area (Å²) in [5.41, 5.74) is 0.202. The third-order valence-electron chi connectivity index (χ3n) is 5.98. The number of carboxylic acids is 1. The highest BCUT2D eigenvalue weighted by atomic mass is 16.4. The van der Waals surface area contributed by atoms with Gasteiger partial charge >= 0.3 is 5.97 Å². The molecule has 0 unspecified atom stereocenters. The number of carboxylic acid groups (broad SMARTS) is 1. The molecular formula is C23H41N3O4. The van der Waals surface area contributed by atoms with E-state index < -0.39 is 12.0 Å². The fourth-order valence-electron chi connectivity index (χ4n) is 4.06. The number of hydrogen-bond acceptors (Lipinski definition) is 4. The van der Waals surface area contributed by atoms with Gasteiger partial charge in [0.05, 0.1) is 12.1 Å². The van der Waals surface area contributed by atoms with Gasteiger partial charge in [0.25, 0.3) is 0 Å². The van der Waals surface area contributed by atoms with Crippen LogP contribution in [0.15, 0.2) is 11.6 Å². The molecule has 3 atom stereocenters. The molecule has 1 saturated heterocycles. The maximum absolute atomic E-state index is 13.3. The van der Waals surface area contributed by atoms with Gasteiger partial charge in [0.2, 0.25) is 11.8 Å². The van der Waals surface area contributed by atoms with Crippen molar-refractivity contribution in [1.82, 2.24) is 15.1 Å². The van der Waals surface area contributed by atoms with Crippen molar-refractivity contribution in [3.8, 4) is 0 Å². The number of likely N-dealkylation sites (N-methyl/N-ethyl adjacent to an activating group) is 1. The van der Waals surface area contributed by atoms with E-state index in [1.165, 1.54) is 6.92 Å². The number of likely N-dealkylation sites (tertiary alicyclic amines) is 1. The lowest BCUT2D eigenvalue weighted by molar-refractivity contribution is -0.140. The van der Waals surface area contributed by atoms with Gasteiger partial charge < -0.3 is 15.3 Å². The van der Waals surface area contributed by atoms with Gasteiger partial charge in [0.1, 0.15) is 6.04 Å². The second-order valence-corrected chi connectivity index (χ2v) is 9.41. The number of aliphatic carboxylic acids is 1. The molecular weight excluding hydrogens is 382 g/mol. The molecule has 0 bridgehead atoms. The van der Waals surface area contributed by atoms with Crippen LogP contribution in [-0.2, 0) is 14.4 Å². The Balaban J connectivity index is 3.04. The first-order valence-corrected chi connectivity index (χ1v) is 11.1. The highest BCUT2D eigenvalue weighted by molar-refractivity contribution is 5.90. The smallest absolute Gasteiger partial charge is 0.331 e. The summed E-state index contributed by atoms with van der Waals surface area (Å²) in [6.45, 7) is 14.3. The molecule has 0 saturated carbocycles. The predicted octanol–water partition coefficient (Wildman–Crippen LogP) is 2.90. The number of carbonyl (C=O) groups excluding carboxylic acids is 2. The molecule has 7 heteroatoms. The van der Waals surface area contributed by atoms with E-state index in [1.54, 1.807) is 18.0 Å². The first-order valence-electron chi connectivity index (χ1n) is 11.1. The third-order valence-corrected chi connectivity index (χ3v) is 5.98. The van der Waals surface area contributed by atoms with Crippen molar-refractivity contribution in [2.45, 2.75) is 91.9 Å². The lowest BCUT2D eigenvalue weighted by atomic mass is 9.95. The topological polar surface area (TPSA) is 90.0 Å². The maximum atomic E-state index is 13.3. The quantitative estimate of drug-likeness (QED) is 0.557. The van der Waals surface area contributed by atoms with Crippen LogP contribution in [0.5, 0.6) is 0 Å². The molecule has 0 radical (unpaired) electrons. The zero-order valence-electron chi connectivity index (χ0n) is 19.9. The molecule has 1 heterocycles. The Bertz CT molecular complexity index is 642. The lowest BCUT2D eigenvalue weighted by Gasteiger charge is -2.39. The van der Waals surface area contributed by atoms with Crippen molar-refractivity contribution < 1.29 is 19.5 Å². The Labute approximate surface area is 181 Å². The van der Waals surface area contributed by atoms with Crippen LogP contribution >= 0.6 is 0 Å². The Hall–Kier alpha value is -1.89. The summed E-state index contributed by atoms with van der Waals surface area (Å²) in [4.78, 5) is 41.5. The normalized spacial score (nSPS) is 20.4. The van der Waals surface area contributed by atoms with E-state index in [0.29, 0.717) is 0 Å². The Morgan fingerprint density at radius 1 is 1.07 bits per heavy atom. The predicted molar refractivity (Wildman–Crippen MR) is 119 cm³/mol. The van der Waals surface area contributed by atoms with Crippen LogP contribution in [0.1, 0.15) is 67.7 Å². The van der Waals surface area contributed by atoms with Gasteiger partial charge in [-0.15, -0.1) is 0 Å². The van der Waals surface area contributed by atoms with E-state index in [0.717, 1.165) is 25.8 Å². The number of hydrogen-bond donors (Lipinski definition) is 2. The second kappa shape index (κ2) is 11.5. The van der Waals surface area contributed by atoms with Gasteiger partial charge in [-0.1, -0.05) is 40.2 Å². The first-order chi connectivity index (χ1) is 13.9. The summed E-state index contributed by atoms with van der Waals surface area (Å²) in [6, 6.07) is -0.966. The molecule has 0 aromatic carbocycles. The van der Waals surface area contributed by atoms with Crippen LogP contribution in [0.25, 0.3) is 0 Å². The zero-order valence-corrected chi connectivity index (χ0v) is 19.9. The first kappa shape index (κ1) is 26.1. The third kappa shape index (κ3) is 6.83. The standard InChI is InChI=1S/C23H41N3O4/c1-14(2)19(13-17(7)23(29)30)25(8)22(28)20(15(3)4)24-21(27)18-11-9-10-12-26(18)16(5)6/h13-16,18-20H,9-12H2,1-8H3,(H,24,27)(H,29,30)/t18-,19-,20+/m1/s1. The Kier molecular flexibility index (Phi) is 10.0. The minimum absolute atomic E-state index is 0.0338. The van der Waals surface area contributed by atoms with Gasteiger partial charge in [-0.05, 0) is 52.0 Å². The molecule has 1 rings (SSSR count). The van der Waals surface area contributed by atoms with Gasteiger partial charge in [-0.25, -0.2) is 4.79 Å². The molecule has 30 heavy (non-hydrogen) atoms. The van der Waals surface area contributed by atoms with E-state index in [1.807, 2.05) is 27.7 Å². The number of piperidine rings is 1. The van der Waals surface area contributed by atoms with Crippen molar-refractivity contribution in [2.24, 2.45) is 11.8 Å². The molecule has 1 fully saturated rings. The lowest BCUT2D eigenvalue weighted by Crippen LogP contribution is -2.58. The largest absolute Gasteiger partial charge is 0.478 e. The van der Waals surface area contributed by atoms with E-state index >= 15 is 0 Å². The van der Waals surface area contributed by atoms with Gasteiger partial charge in [0.15, 0.2) is 0 Å². The monoisotopic (exact) mass is 423 g/mol. The van der Waals surface area contributed by atoms with Gasteiger partial charge in [-0.3, -0.25) is 14.5 Å². The average Bonchev–Trinajstić information content (AvgIpc) is 2.67. The minimum atomic E-state index is -0.999. The summed E-state index contributed by atoms with van der Waals surface area (Å²) in [5, 5.41) is 12.2. The molecule has 0 aromatic rings. The molecule has 0 aliphatic carbocycles. The summed E-state index contributed by atoms with van der Waals surface area (Å²) >= 11 is 0. The maximum Gasteiger partial charge on any atom is 0.331 e. The number of nitrogens with one attached hydrogen (secondary N) is 1. The number of carbonyl (C=O) groups is 3. The highest BCUT2D eigenvalue weighted by Gasteiger charge is 2.35. The van der Waals surface area contributed by atoms with E-state index in [4.69, 9.17) is 0 Å². The second-order valence-electron chi connectivity index (χ2n) is 9.41. The average molecular weight is 424 g/mol. The summed E-state index contributed by atoms with van der Waals surface area (Å²) in [5.74, 6) is -1.34.